The molecule has 0 spiro atoms. The van der Waals surface area contributed by atoms with Crippen molar-refractivity contribution >= 4 is 28.9 Å². The van der Waals surface area contributed by atoms with E-state index in [4.69, 9.17) is 0 Å². The molecule has 0 aliphatic heterocycles. The summed E-state index contributed by atoms with van der Waals surface area (Å²) in [4.78, 5) is 33.2. The number of carbonyl (C=O) groups excluding carboxylic acids is 1. The van der Waals surface area contributed by atoms with Crippen LogP contribution in [-0.2, 0) is 17.8 Å². The van der Waals surface area contributed by atoms with E-state index in [-0.39, 0.29) is 11.5 Å². The molecule has 8 heteroatoms. The minimum atomic E-state index is -1.07. The zero-order valence-corrected chi connectivity index (χ0v) is 20.5. The molecule has 4 rings (SSSR count). The van der Waals surface area contributed by atoms with E-state index in [0.717, 1.165) is 16.8 Å². The van der Waals surface area contributed by atoms with E-state index in [1.54, 1.807) is 42.2 Å². The van der Waals surface area contributed by atoms with Gasteiger partial charge in [-0.05, 0) is 53.4 Å². The quantitative estimate of drug-likeness (QED) is 0.297. The van der Waals surface area contributed by atoms with Crippen molar-refractivity contribution in [2.75, 3.05) is 5.32 Å². The predicted octanol–water partition coefficient (Wildman–Crippen LogP) is 5.27. The van der Waals surface area contributed by atoms with E-state index in [9.17, 15) is 14.7 Å². The molecule has 3 N–H and O–H groups in total. The molecule has 0 saturated heterocycles. The van der Waals surface area contributed by atoms with Gasteiger partial charge in [-0.3, -0.25) is 15.1 Å². The SMILES string of the molecule is CC.O=C(O)c1cc(NC(=O)C(Cc2ccccc2)NCc2cscn2)cc(-c2ccncc2)c1. The lowest BCUT2D eigenvalue weighted by Gasteiger charge is -2.19. The lowest BCUT2D eigenvalue weighted by atomic mass is 10.0. The van der Waals surface area contributed by atoms with Gasteiger partial charge in [-0.2, -0.15) is 0 Å². The van der Waals surface area contributed by atoms with Crippen LogP contribution in [-0.4, -0.2) is 33.0 Å². The number of carbonyl (C=O) groups is 2. The summed E-state index contributed by atoms with van der Waals surface area (Å²) in [6.07, 6.45) is 3.76. The smallest absolute Gasteiger partial charge is 0.335 e. The topological polar surface area (TPSA) is 104 Å². The Bertz CT molecular complexity index is 1220. The Morgan fingerprint density at radius 3 is 2.40 bits per heavy atom. The van der Waals surface area contributed by atoms with E-state index in [2.05, 4.69) is 20.6 Å². The van der Waals surface area contributed by atoms with E-state index < -0.39 is 12.0 Å². The van der Waals surface area contributed by atoms with Gasteiger partial charge in [0.25, 0.3) is 0 Å². The number of rotatable bonds is 9. The average molecular weight is 489 g/mol. The van der Waals surface area contributed by atoms with E-state index in [0.29, 0.717) is 24.2 Å². The highest BCUT2D eigenvalue weighted by Crippen LogP contribution is 2.25. The van der Waals surface area contributed by atoms with Gasteiger partial charge in [0.15, 0.2) is 0 Å². The molecule has 0 bridgehead atoms. The molecule has 1 atom stereocenters. The molecule has 2 aromatic carbocycles. The first kappa shape index (κ1) is 25.7. The van der Waals surface area contributed by atoms with Crippen molar-refractivity contribution in [3.8, 4) is 11.1 Å². The summed E-state index contributed by atoms with van der Waals surface area (Å²) in [7, 11) is 0. The second-order valence-electron chi connectivity index (χ2n) is 7.43. The number of thiazole rings is 1. The van der Waals surface area contributed by atoms with E-state index in [1.807, 2.05) is 49.6 Å². The van der Waals surface area contributed by atoms with Crippen LogP contribution in [0.2, 0.25) is 0 Å². The van der Waals surface area contributed by atoms with Crippen molar-refractivity contribution < 1.29 is 14.7 Å². The molecule has 0 aliphatic rings. The molecule has 4 aromatic rings. The first-order valence-electron chi connectivity index (χ1n) is 11.3. The van der Waals surface area contributed by atoms with Crippen LogP contribution in [0.1, 0.15) is 35.5 Å². The number of anilines is 1. The Morgan fingerprint density at radius 1 is 1.00 bits per heavy atom. The van der Waals surface area contributed by atoms with Gasteiger partial charge in [0.1, 0.15) is 0 Å². The molecule has 35 heavy (non-hydrogen) atoms. The molecule has 1 amide bonds. The fourth-order valence-electron chi connectivity index (χ4n) is 3.42. The molecule has 0 saturated carbocycles. The Balaban J connectivity index is 0.00000167. The summed E-state index contributed by atoms with van der Waals surface area (Å²) in [5.41, 5.74) is 5.63. The average Bonchev–Trinajstić information content (AvgIpc) is 3.42. The predicted molar refractivity (Wildman–Crippen MR) is 139 cm³/mol. The van der Waals surface area contributed by atoms with Crippen molar-refractivity contribution in [1.82, 2.24) is 15.3 Å². The number of benzene rings is 2. The van der Waals surface area contributed by atoms with Gasteiger partial charge in [0.05, 0.1) is 22.8 Å². The van der Waals surface area contributed by atoms with Gasteiger partial charge < -0.3 is 10.4 Å². The van der Waals surface area contributed by atoms with Gasteiger partial charge in [0.2, 0.25) is 5.91 Å². The fraction of sp³-hybridized carbons (Fsp3) is 0.185. The summed E-state index contributed by atoms with van der Waals surface area (Å²) < 4.78 is 0. The van der Waals surface area contributed by atoms with E-state index >= 15 is 0 Å². The Morgan fingerprint density at radius 2 is 1.74 bits per heavy atom. The zero-order chi connectivity index (χ0) is 25.0. The molecule has 0 fully saturated rings. The number of hydrogen-bond donors (Lipinski definition) is 3. The standard InChI is InChI=1S/C25H22N4O3S.C2H6/c30-24(23(10-17-4-2-1-3-5-17)27-14-22-15-33-16-28-22)29-21-12-19(11-20(13-21)25(31)32)18-6-8-26-9-7-18;1-2/h1-9,11-13,15-16,23,27H,10,14H2,(H,29,30)(H,31,32);1-2H3. The summed E-state index contributed by atoms with van der Waals surface area (Å²) >= 11 is 1.50. The van der Waals surface area contributed by atoms with Gasteiger partial charge in [0, 0.05) is 30.0 Å². The second-order valence-corrected chi connectivity index (χ2v) is 8.15. The summed E-state index contributed by atoms with van der Waals surface area (Å²) in [6, 6.07) is 17.6. The van der Waals surface area contributed by atoms with Crippen molar-refractivity contribution in [3.05, 3.63) is 101 Å². The zero-order valence-electron chi connectivity index (χ0n) is 19.6. The first-order chi connectivity index (χ1) is 17.1. The number of amides is 1. The Labute approximate surface area is 208 Å². The summed E-state index contributed by atoms with van der Waals surface area (Å²) in [6.45, 7) is 4.45. The van der Waals surface area contributed by atoms with Crippen LogP contribution in [0.5, 0.6) is 0 Å². The fourth-order valence-corrected chi connectivity index (χ4v) is 3.98. The van der Waals surface area contributed by atoms with Crippen LogP contribution < -0.4 is 10.6 Å². The molecular weight excluding hydrogens is 460 g/mol. The van der Waals surface area contributed by atoms with Crippen LogP contribution in [0.25, 0.3) is 11.1 Å². The summed E-state index contributed by atoms with van der Waals surface area (Å²) in [5.74, 6) is -1.32. The maximum atomic E-state index is 13.3. The Hall–Kier alpha value is -3.88. The molecule has 7 nitrogen and oxygen atoms in total. The molecule has 2 aromatic heterocycles. The number of carboxylic acids is 1. The van der Waals surface area contributed by atoms with Crippen molar-refractivity contribution in [1.29, 1.82) is 0 Å². The third kappa shape index (κ3) is 7.56. The molecule has 0 radical (unpaired) electrons. The monoisotopic (exact) mass is 488 g/mol. The highest BCUT2D eigenvalue weighted by atomic mass is 32.1. The van der Waals surface area contributed by atoms with Crippen LogP contribution in [0.4, 0.5) is 5.69 Å². The van der Waals surface area contributed by atoms with Crippen molar-refractivity contribution in [2.45, 2.75) is 32.9 Å². The maximum absolute atomic E-state index is 13.3. The lowest BCUT2D eigenvalue weighted by molar-refractivity contribution is -0.118. The molecule has 2 heterocycles. The number of aromatic nitrogens is 2. The van der Waals surface area contributed by atoms with Gasteiger partial charge in [-0.1, -0.05) is 44.2 Å². The van der Waals surface area contributed by atoms with Crippen molar-refractivity contribution in [3.63, 3.8) is 0 Å². The van der Waals surface area contributed by atoms with Crippen LogP contribution >= 0.6 is 11.3 Å². The minimum Gasteiger partial charge on any atom is -0.478 e. The first-order valence-corrected chi connectivity index (χ1v) is 12.3. The molecule has 1 unspecified atom stereocenters. The highest BCUT2D eigenvalue weighted by molar-refractivity contribution is 7.07. The number of nitrogens with zero attached hydrogens (tertiary/aromatic N) is 2. The largest absolute Gasteiger partial charge is 0.478 e. The second kappa shape index (κ2) is 13.1. The van der Waals surface area contributed by atoms with E-state index in [1.165, 1.54) is 17.4 Å². The third-order valence-electron chi connectivity index (χ3n) is 5.07. The number of nitrogens with one attached hydrogen (secondary N) is 2. The lowest BCUT2D eigenvalue weighted by Crippen LogP contribution is -2.42. The molecular formula is C27H28N4O3S. The minimum absolute atomic E-state index is 0.0923. The van der Waals surface area contributed by atoms with Crippen LogP contribution in [0.3, 0.4) is 0 Å². The third-order valence-corrected chi connectivity index (χ3v) is 5.71. The van der Waals surface area contributed by atoms with Crippen molar-refractivity contribution in [2.24, 2.45) is 0 Å². The van der Waals surface area contributed by atoms with Crippen LogP contribution in [0.15, 0.2) is 83.9 Å². The Kier molecular flexibility index (Phi) is 9.65. The van der Waals surface area contributed by atoms with Crippen LogP contribution in [0, 0.1) is 0 Å². The maximum Gasteiger partial charge on any atom is 0.335 e. The number of pyridine rings is 1. The number of carboxylic acid groups (broad SMARTS) is 1. The van der Waals surface area contributed by atoms with Gasteiger partial charge in [-0.15, -0.1) is 11.3 Å². The molecule has 180 valence electrons. The highest BCUT2D eigenvalue weighted by Gasteiger charge is 2.20. The normalized spacial score (nSPS) is 11.1. The number of aromatic carboxylic acids is 1. The van der Waals surface area contributed by atoms with Gasteiger partial charge in [-0.25, -0.2) is 9.78 Å². The van der Waals surface area contributed by atoms with Gasteiger partial charge >= 0.3 is 5.97 Å². The number of hydrogen-bond acceptors (Lipinski definition) is 6. The summed E-state index contributed by atoms with van der Waals surface area (Å²) in [5, 5.41) is 17.7. The molecule has 0 aliphatic carbocycles.